The Labute approximate surface area is 138 Å². The monoisotopic (exact) mass is 331 g/mol. The van der Waals surface area contributed by atoms with Gasteiger partial charge >= 0.3 is 5.97 Å². The molecule has 2 aromatic rings. The van der Waals surface area contributed by atoms with Crippen LogP contribution in [-0.2, 0) is 11.2 Å². The van der Waals surface area contributed by atoms with Crippen LogP contribution in [0.2, 0.25) is 0 Å². The number of aliphatic carboxylic acids is 1. The highest BCUT2D eigenvalue weighted by Crippen LogP contribution is 2.26. The van der Waals surface area contributed by atoms with Gasteiger partial charge in [-0.2, -0.15) is 0 Å². The molecule has 0 spiro atoms. The zero-order valence-corrected chi connectivity index (χ0v) is 12.9. The highest BCUT2D eigenvalue weighted by molar-refractivity contribution is 5.97. The summed E-state index contributed by atoms with van der Waals surface area (Å²) in [6.07, 6.45) is 0.0660. The van der Waals surface area contributed by atoms with E-state index in [1.165, 1.54) is 37.4 Å². The maximum Gasteiger partial charge on any atom is 0.326 e. The number of phenols is 2. The summed E-state index contributed by atoms with van der Waals surface area (Å²) in [7, 11) is 1.35. The number of aromatic hydroxyl groups is 2. The molecule has 0 aromatic heterocycles. The number of carboxylic acids is 1. The summed E-state index contributed by atoms with van der Waals surface area (Å²) >= 11 is 0. The first-order valence-corrected chi connectivity index (χ1v) is 7.09. The van der Waals surface area contributed by atoms with Gasteiger partial charge in [0.25, 0.3) is 5.91 Å². The molecule has 126 valence electrons. The second-order valence-electron chi connectivity index (χ2n) is 5.12. The fraction of sp³-hybridized carbons (Fsp3) is 0.176. The Morgan fingerprint density at radius 3 is 2.38 bits per heavy atom. The number of hydrogen-bond donors (Lipinski definition) is 4. The van der Waals surface area contributed by atoms with Crippen molar-refractivity contribution < 1.29 is 29.6 Å². The minimum atomic E-state index is -1.18. The van der Waals surface area contributed by atoms with Crippen molar-refractivity contribution in [2.75, 3.05) is 7.11 Å². The fourth-order valence-corrected chi connectivity index (χ4v) is 2.13. The summed E-state index contributed by atoms with van der Waals surface area (Å²) in [4.78, 5) is 23.6. The first-order valence-electron chi connectivity index (χ1n) is 7.09. The second kappa shape index (κ2) is 7.36. The first-order chi connectivity index (χ1) is 11.4. The van der Waals surface area contributed by atoms with Gasteiger partial charge in [-0.25, -0.2) is 4.79 Å². The predicted octanol–water partition coefficient (Wildman–Crippen LogP) is 1.53. The van der Waals surface area contributed by atoms with Gasteiger partial charge in [-0.15, -0.1) is 0 Å². The number of phenolic OH excluding ortho intramolecular Hbond substituents is 2. The van der Waals surface area contributed by atoms with E-state index >= 15 is 0 Å². The Hall–Kier alpha value is -3.22. The highest BCUT2D eigenvalue weighted by Gasteiger charge is 2.21. The van der Waals surface area contributed by atoms with E-state index in [9.17, 15) is 24.9 Å². The molecule has 24 heavy (non-hydrogen) atoms. The van der Waals surface area contributed by atoms with Gasteiger partial charge in [0.2, 0.25) is 0 Å². The third-order valence-electron chi connectivity index (χ3n) is 3.42. The molecule has 7 nitrogen and oxygen atoms in total. The molecule has 0 aliphatic rings. The molecule has 0 fully saturated rings. The van der Waals surface area contributed by atoms with Gasteiger partial charge in [-0.05, 0) is 35.9 Å². The van der Waals surface area contributed by atoms with E-state index in [1.54, 1.807) is 12.1 Å². The molecule has 2 aromatic carbocycles. The van der Waals surface area contributed by atoms with Gasteiger partial charge in [0.15, 0.2) is 11.5 Å². The van der Waals surface area contributed by atoms with Crippen molar-refractivity contribution in [1.82, 2.24) is 5.32 Å². The van der Waals surface area contributed by atoms with Crippen molar-refractivity contribution in [3.8, 4) is 17.2 Å². The molecule has 1 atom stereocenters. The molecule has 1 amide bonds. The van der Waals surface area contributed by atoms with Crippen LogP contribution in [0.5, 0.6) is 17.2 Å². The van der Waals surface area contributed by atoms with Gasteiger partial charge in [-0.1, -0.05) is 12.1 Å². The molecule has 0 bridgehead atoms. The van der Waals surface area contributed by atoms with Crippen molar-refractivity contribution in [3.63, 3.8) is 0 Å². The normalized spacial score (nSPS) is 11.5. The summed E-state index contributed by atoms with van der Waals surface area (Å²) in [5.41, 5.74) is 0.824. The van der Waals surface area contributed by atoms with Crippen molar-refractivity contribution in [3.05, 3.63) is 53.6 Å². The molecular formula is C17H17NO6. The molecule has 0 heterocycles. The number of carboxylic acid groups (broad SMARTS) is 1. The standard InChI is InChI=1S/C17H17NO6/c1-24-15-9-11(4-7-14(15)20)16(21)18-13(17(22)23)8-10-2-5-12(19)6-3-10/h2-7,9,13,19-20H,8H2,1H3,(H,18,21)(H,22,23)/t13-/m0/s1. The Morgan fingerprint density at radius 2 is 1.79 bits per heavy atom. The van der Waals surface area contributed by atoms with Crippen LogP contribution in [0.25, 0.3) is 0 Å². The van der Waals surface area contributed by atoms with E-state index in [-0.39, 0.29) is 29.2 Å². The van der Waals surface area contributed by atoms with Crippen LogP contribution >= 0.6 is 0 Å². The van der Waals surface area contributed by atoms with Crippen LogP contribution in [0, 0.1) is 0 Å². The Morgan fingerprint density at radius 1 is 1.12 bits per heavy atom. The lowest BCUT2D eigenvalue weighted by atomic mass is 10.1. The molecule has 0 saturated carbocycles. The molecule has 2 rings (SSSR count). The van der Waals surface area contributed by atoms with Gasteiger partial charge in [0.1, 0.15) is 11.8 Å². The summed E-state index contributed by atoms with van der Waals surface area (Å²) in [6.45, 7) is 0. The van der Waals surface area contributed by atoms with Crippen LogP contribution < -0.4 is 10.1 Å². The number of benzene rings is 2. The zero-order chi connectivity index (χ0) is 17.7. The van der Waals surface area contributed by atoms with E-state index in [1.807, 2.05) is 0 Å². The number of amides is 1. The molecule has 7 heteroatoms. The van der Waals surface area contributed by atoms with E-state index in [2.05, 4.69) is 5.32 Å². The van der Waals surface area contributed by atoms with Crippen molar-refractivity contribution in [2.24, 2.45) is 0 Å². The Bertz CT molecular complexity index is 741. The summed E-state index contributed by atoms with van der Waals surface area (Å²) in [5, 5.41) is 30.5. The summed E-state index contributed by atoms with van der Waals surface area (Å²) < 4.78 is 4.93. The topological polar surface area (TPSA) is 116 Å². The number of hydrogen-bond acceptors (Lipinski definition) is 5. The molecule has 0 aliphatic carbocycles. The number of nitrogens with one attached hydrogen (secondary N) is 1. The number of rotatable bonds is 6. The van der Waals surface area contributed by atoms with Crippen LogP contribution in [0.1, 0.15) is 15.9 Å². The summed E-state index contributed by atoms with van der Waals surface area (Å²) in [6, 6.07) is 8.91. The number of carbonyl (C=O) groups is 2. The van der Waals surface area contributed by atoms with Crippen LogP contribution in [-0.4, -0.2) is 40.3 Å². The lowest BCUT2D eigenvalue weighted by Crippen LogP contribution is -2.42. The SMILES string of the molecule is COc1cc(C(=O)N[C@@H](Cc2ccc(O)cc2)C(=O)O)ccc1O. The van der Waals surface area contributed by atoms with E-state index in [0.717, 1.165) is 0 Å². The molecule has 0 saturated heterocycles. The maximum absolute atomic E-state index is 12.2. The summed E-state index contributed by atoms with van der Waals surface area (Å²) in [5.74, 6) is -1.70. The lowest BCUT2D eigenvalue weighted by Gasteiger charge is -2.15. The third kappa shape index (κ3) is 4.16. The first kappa shape index (κ1) is 17.1. The molecule has 0 radical (unpaired) electrons. The number of carbonyl (C=O) groups excluding carboxylic acids is 1. The van der Waals surface area contributed by atoms with Crippen molar-refractivity contribution in [2.45, 2.75) is 12.5 Å². The lowest BCUT2D eigenvalue weighted by molar-refractivity contribution is -0.139. The average Bonchev–Trinajstić information content (AvgIpc) is 2.56. The van der Waals surface area contributed by atoms with Gasteiger partial charge in [0, 0.05) is 12.0 Å². The maximum atomic E-state index is 12.2. The van der Waals surface area contributed by atoms with E-state index in [4.69, 9.17) is 4.74 Å². The van der Waals surface area contributed by atoms with E-state index in [0.29, 0.717) is 5.56 Å². The smallest absolute Gasteiger partial charge is 0.326 e. The van der Waals surface area contributed by atoms with E-state index < -0.39 is 17.9 Å². The second-order valence-corrected chi connectivity index (χ2v) is 5.12. The van der Waals surface area contributed by atoms with Crippen LogP contribution in [0.3, 0.4) is 0 Å². The predicted molar refractivity (Wildman–Crippen MR) is 85.4 cm³/mol. The fourth-order valence-electron chi connectivity index (χ4n) is 2.13. The molecular weight excluding hydrogens is 314 g/mol. The quantitative estimate of drug-likeness (QED) is 0.638. The molecule has 0 unspecified atom stereocenters. The molecule has 4 N–H and O–H groups in total. The van der Waals surface area contributed by atoms with Gasteiger partial charge in [-0.3, -0.25) is 4.79 Å². The number of ether oxygens (including phenoxy) is 1. The van der Waals surface area contributed by atoms with Crippen molar-refractivity contribution >= 4 is 11.9 Å². The highest BCUT2D eigenvalue weighted by atomic mass is 16.5. The largest absolute Gasteiger partial charge is 0.508 e. The Kier molecular flexibility index (Phi) is 5.26. The van der Waals surface area contributed by atoms with Gasteiger partial charge < -0.3 is 25.4 Å². The van der Waals surface area contributed by atoms with Gasteiger partial charge in [0.05, 0.1) is 7.11 Å². The minimum absolute atomic E-state index is 0.0660. The van der Waals surface area contributed by atoms with Crippen LogP contribution in [0.15, 0.2) is 42.5 Å². The van der Waals surface area contributed by atoms with Crippen LogP contribution in [0.4, 0.5) is 0 Å². The average molecular weight is 331 g/mol. The zero-order valence-electron chi connectivity index (χ0n) is 12.9. The molecule has 0 aliphatic heterocycles. The Balaban J connectivity index is 2.13. The third-order valence-corrected chi connectivity index (χ3v) is 3.42. The van der Waals surface area contributed by atoms with Crippen molar-refractivity contribution in [1.29, 1.82) is 0 Å². The minimum Gasteiger partial charge on any atom is -0.508 e. The number of methoxy groups -OCH3 is 1.